The zero-order chi connectivity index (χ0) is 14.3. The second kappa shape index (κ2) is 8.22. The van der Waals surface area contributed by atoms with Crippen LogP contribution in [-0.4, -0.2) is 30.3 Å². The molecule has 0 fully saturated rings. The summed E-state index contributed by atoms with van der Waals surface area (Å²) in [7, 11) is 0. The Kier molecular flexibility index (Phi) is 6.94. The Hall–Kier alpha value is -1.01. The molecule has 0 heterocycles. The maximum Gasteiger partial charge on any atom is 0.328 e. The van der Waals surface area contributed by atoms with Gasteiger partial charge >= 0.3 is 5.97 Å². The molecule has 0 bridgehead atoms. The summed E-state index contributed by atoms with van der Waals surface area (Å²) >= 11 is 4.77. The van der Waals surface area contributed by atoms with E-state index in [0.29, 0.717) is 6.61 Å². The lowest BCUT2D eigenvalue weighted by Gasteiger charge is -2.12. The topological polar surface area (TPSA) is 55.4 Å². The summed E-state index contributed by atoms with van der Waals surface area (Å²) in [4.78, 5) is 24.0. The number of hydrogen-bond donors (Lipinski definition) is 1. The van der Waals surface area contributed by atoms with Gasteiger partial charge in [0.25, 0.3) is 0 Å². The molecule has 0 saturated heterocycles. The molecule has 0 saturated carbocycles. The van der Waals surface area contributed by atoms with Crippen LogP contribution in [0.3, 0.4) is 0 Å². The van der Waals surface area contributed by atoms with Gasteiger partial charge < -0.3 is 10.1 Å². The highest BCUT2D eigenvalue weighted by atomic mass is 79.9. The van der Waals surface area contributed by atoms with Gasteiger partial charge in [-0.3, -0.25) is 4.79 Å². The zero-order valence-electron chi connectivity index (χ0n) is 10.8. The van der Waals surface area contributed by atoms with Gasteiger partial charge in [0.15, 0.2) is 0 Å². The average Bonchev–Trinajstić information content (AvgIpc) is 2.38. The van der Waals surface area contributed by atoms with E-state index in [9.17, 15) is 9.59 Å². The third-order valence-electron chi connectivity index (χ3n) is 2.20. The Bertz CT molecular complexity index is 436. The molecule has 0 aliphatic heterocycles. The zero-order valence-corrected chi connectivity index (χ0v) is 13.2. The molecule has 0 radical (unpaired) electrons. The first-order valence-electron chi connectivity index (χ1n) is 5.87. The number of carbonyl (C=O) groups excluding carboxylic acids is 2. The molecule has 0 aromatic heterocycles. The Morgan fingerprint density at radius 3 is 2.58 bits per heavy atom. The number of benzene rings is 1. The van der Waals surface area contributed by atoms with Crippen LogP contribution in [0.1, 0.15) is 13.8 Å². The fraction of sp³-hybridized carbons (Fsp3) is 0.385. The number of carbonyl (C=O) groups is 2. The second-order valence-corrected chi connectivity index (χ2v) is 5.75. The van der Waals surface area contributed by atoms with Crippen LogP contribution < -0.4 is 5.32 Å². The molecule has 1 atom stereocenters. The number of thioether (sulfide) groups is 1. The van der Waals surface area contributed by atoms with Crippen LogP contribution in [0.15, 0.2) is 33.6 Å². The second-order valence-electron chi connectivity index (χ2n) is 3.78. The Labute approximate surface area is 125 Å². The van der Waals surface area contributed by atoms with Crippen molar-refractivity contribution in [2.45, 2.75) is 24.8 Å². The van der Waals surface area contributed by atoms with E-state index in [0.717, 1.165) is 9.37 Å². The van der Waals surface area contributed by atoms with Gasteiger partial charge in [-0.25, -0.2) is 4.79 Å². The van der Waals surface area contributed by atoms with E-state index >= 15 is 0 Å². The van der Waals surface area contributed by atoms with Gasteiger partial charge in [0, 0.05) is 9.37 Å². The largest absolute Gasteiger partial charge is 0.464 e. The third-order valence-corrected chi connectivity index (χ3v) is 3.74. The standard InChI is InChI=1S/C13H16BrNO3S/c1-3-18-13(17)9(2)15-12(16)8-19-11-6-4-10(14)5-7-11/h4-7,9H,3,8H2,1-2H3,(H,15,16). The summed E-state index contributed by atoms with van der Waals surface area (Å²) in [6.07, 6.45) is 0. The van der Waals surface area contributed by atoms with Crippen molar-refractivity contribution in [2.75, 3.05) is 12.4 Å². The first-order chi connectivity index (χ1) is 9.02. The first kappa shape index (κ1) is 16.0. The quantitative estimate of drug-likeness (QED) is 0.636. The van der Waals surface area contributed by atoms with Gasteiger partial charge in [0.05, 0.1) is 12.4 Å². The van der Waals surface area contributed by atoms with Crippen LogP contribution in [0.5, 0.6) is 0 Å². The molecule has 1 N–H and O–H groups in total. The van der Waals surface area contributed by atoms with Gasteiger partial charge in [-0.15, -0.1) is 11.8 Å². The molecule has 4 nitrogen and oxygen atoms in total. The van der Waals surface area contributed by atoms with E-state index in [2.05, 4.69) is 21.2 Å². The predicted octanol–water partition coefficient (Wildman–Crippen LogP) is 2.61. The van der Waals surface area contributed by atoms with Gasteiger partial charge in [0.1, 0.15) is 6.04 Å². The minimum absolute atomic E-state index is 0.187. The Morgan fingerprint density at radius 2 is 2.00 bits per heavy atom. The van der Waals surface area contributed by atoms with Crippen molar-refractivity contribution in [3.05, 3.63) is 28.7 Å². The van der Waals surface area contributed by atoms with E-state index in [1.165, 1.54) is 11.8 Å². The van der Waals surface area contributed by atoms with E-state index in [1.54, 1.807) is 13.8 Å². The van der Waals surface area contributed by atoms with Crippen molar-refractivity contribution >= 4 is 39.6 Å². The summed E-state index contributed by atoms with van der Waals surface area (Å²) in [6.45, 7) is 3.66. The lowest BCUT2D eigenvalue weighted by Crippen LogP contribution is -2.40. The molecule has 0 spiro atoms. The van der Waals surface area contributed by atoms with E-state index in [4.69, 9.17) is 4.74 Å². The normalized spacial score (nSPS) is 11.7. The molecule has 1 aromatic rings. The fourth-order valence-electron chi connectivity index (χ4n) is 1.29. The molecule has 0 aliphatic rings. The summed E-state index contributed by atoms with van der Waals surface area (Å²) in [5, 5.41) is 2.60. The molecule has 6 heteroatoms. The molecule has 1 rings (SSSR count). The summed E-state index contributed by atoms with van der Waals surface area (Å²) < 4.78 is 5.81. The average molecular weight is 346 g/mol. The number of amides is 1. The van der Waals surface area contributed by atoms with Crippen LogP contribution in [-0.2, 0) is 14.3 Å². The van der Waals surface area contributed by atoms with Crippen LogP contribution in [0, 0.1) is 0 Å². The number of hydrogen-bond acceptors (Lipinski definition) is 4. The molecule has 1 aromatic carbocycles. The minimum Gasteiger partial charge on any atom is -0.464 e. The third kappa shape index (κ3) is 6.11. The van der Waals surface area contributed by atoms with E-state index < -0.39 is 12.0 Å². The van der Waals surface area contributed by atoms with Gasteiger partial charge in [-0.05, 0) is 38.1 Å². The first-order valence-corrected chi connectivity index (χ1v) is 7.65. The van der Waals surface area contributed by atoms with Crippen LogP contribution in [0.2, 0.25) is 0 Å². The summed E-state index contributed by atoms with van der Waals surface area (Å²) in [5.41, 5.74) is 0. The number of esters is 1. The maximum absolute atomic E-state index is 11.7. The van der Waals surface area contributed by atoms with E-state index in [1.807, 2.05) is 24.3 Å². The van der Waals surface area contributed by atoms with Crippen molar-refractivity contribution in [1.29, 1.82) is 0 Å². The van der Waals surface area contributed by atoms with Crippen molar-refractivity contribution in [2.24, 2.45) is 0 Å². The lowest BCUT2D eigenvalue weighted by molar-refractivity contribution is -0.146. The number of rotatable bonds is 6. The van der Waals surface area contributed by atoms with Gasteiger partial charge in [-0.1, -0.05) is 15.9 Å². The summed E-state index contributed by atoms with van der Waals surface area (Å²) in [5.74, 6) is -0.330. The van der Waals surface area contributed by atoms with E-state index in [-0.39, 0.29) is 11.7 Å². The molecular formula is C13H16BrNO3S. The molecule has 19 heavy (non-hydrogen) atoms. The number of halogens is 1. The van der Waals surface area contributed by atoms with Crippen molar-refractivity contribution < 1.29 is 14.3 Å². The molecule has 0 aliphatic carbocycles. The van der Waals surface area contributed by atoms with Crippen molar-refractivity contribution in [3.8, 4) is 0 Å². The number of nitrogens with one attached hydrogen (secondary N) is 1. The smallest absolute Gasteiger partial charge is 0.328 e. The maximum atomic E-state index is 11.7. The molecule has 1 unspecified atom stereocenters. The molecule has 104 valence electrons. The SMILES string of the molecule is CCOC(=O)C(C)NC(=O)CSc1ccc(Br)cc1. The highest BCUT2D eigenvalue weighted by Gasteiger charge is 2.16. The predicted molar refractivity (Wildman–Crippen MR) is 79.1 cm³/mol. The minimum atomic E-state index is -0.613. The van der Waals surface area contributed by atoms with Gasteiger partial charge in [0.2, 0.25) is 5.91 Å². The molecular weight excluding hydrogens is 330 g/mol. The number of ether oxygens (including phenoxy) is 1. The van der Waals surface area contributed by atoms with Crippen molar-refractivity contribution in [3.63, 3.8) is 0 Å². The Morgan fingerprint density at radius 1 is 1.37 bits per heavy atom. The lowest BCUT2D eigenvalue weighted by atomic mass is 10.3. The van der Waals surface area contributed by atoms with Crippen LogP contribution in [0.25, 0.3) is 0 Å². The van der Waals surface area contributed by atoms with Crippen molar-refractivity contribution in [1.82, 2.24) is 5.32 Å². The Balaban J connectivity index is 2.35. The van der Waals surface area contributed by atoms with Crippen LogP contribution >= 0.6 is 27.7 Å². The molecule has 1 amide bonds. The monoisotopic (exact) mass is 345 g/mol. The highest BCUT2D eigenvalue weighted by molar-refractivity contribution is 9.10. The van der Waals surface area contributed by atoms with Crippen LogP contribution in [0.4, 0.5) is 0 Å². The fourth-order valence-corrected chi connectivity index (χ4v) is 2.26. The summed E-state index contributed by atoms with van der Waals surface area (Å²) in [6, 6.07) is 7.08. The highest BCUT2D eigenvalue weighted by Crippen LogP contribution is 2.20. The van der Waals surface area contributed by atoms with Gasteiger partial charge in [-0.2, -0.15) is 0 Å².